The lowest BCUT2D eigenvalue weighted by Gasteiger charge is -2.21. The van der Waals surface area contributed by atoms with Gasteiger partial charge in [0.25, 0.3) is 11.0 Å². The molecule has 2 aromatic carbocycles. The van der Waals surface area contributed by atoms with Crippen molar-refractivity contribution in [2.45, 2.75) is 25.3 Å². The standard InChI is InChI=1S/C20H21ClN2O5S/c1-13(14-5-7-15(21)8-6-14)11-19(20(24)25)23-10-9-16-17(3-2-4-18(16)23)22-12-28-29(26)27/h2-10,13,19,22,29H,11-12H2,1H3,(H,24,25). The van der Waals surface area contributed by atoms with Crippen LogP contribution in [0.3, 0.4) is 0 Å². The molecule has 0 fully saturated rings. The molecule has 3 aromatic rings. The van der Waals surface area contributed by atoms with Gasteiger partial charge in [-0.25, -0.2) is 13.2 Å². The van der Waals surface area contributed by atoms with Crippen LogP contribution in [0.15, 0.2) is 54.7 Å². The summed E-state index contributed by atoms with van der Waals surface area (Å²) in [4.78, 5) is 12.0. The first-order valence-electron chi connectivity index (χ1n) is 8.96. The number of halogens is 1. The summed E-state index contributed by atoms with van der Waals surface area (Å²) in [5.74, 6) is -0.915. The zero-order chi connectivity index (χ0) is 21.0. The minimum Gasteiger partial charge on any atom is -0.480 e. The van der Waals surface area contributed by atoms with Crippen molar-refractivity contribution in [1.29, 1.82) is 0 Å². The minimum absolute atomic E-state index is 0.00822. The predicted octanol–water partition coefficient (Wildman–Crippen LogP) is 4.03. The van der Waals surface area contributed by atoms with Crippen LogP contribution in [0.4, 0.5) is 5.69 Å². The van der Waals surface area contributed by atoms with Crippen LogP contribution in [0.25, 0.3) is 10.9 Å². The van der Waals surface area contributed by atoms with Crippen molar-refractivity contribution < 1.29 is 22.5 Å². The Bertz CT molecular complexity index is 1070. The van der Waals surface area contributed by atoms with Gasteiger partial charge >= 0.3 is 5.97 Å². The lowest BCUT2D eigenvalue weighted by atomic mass is 9.93. The lowest BCUT2D eigenvalue weighted by molar-refractivity contribution is -0.141. The van der Waals surface area contributed by atoms with Gasteiger partial charge in [0, 0.05) is 22.3 Å². The molecule has 0 amide bonds. The van der Waals surface area contributed by atoms with Crippen LogP contribution >= 0.6 is 11.6 Å². The number of carboxylic acids is 1. The van der Waals surface area contributed by atoms with Gasteiger partial charge in [0.05, 0.1) is 5.52 Å². The number of aromatic nitrogens is 1. The number of nitrogens with one attached hydrogen (secondary N) is 1. The van der Waals surface area contributed by atoms with E-state index in [1.165, 1.54) is 0 Å². The van der Waals surface area contributed by atoms with Gasteiger partial charge in [-0.05, 0) is 48.2 Å². The van der Waals surface area contributed by atoms with Crippen LogP contribution in [0, 0.1) is 0 Å². The van der Waals surface area contributed by atoms with E-state index in [1.807, 2.05) is 25.1 Å². The van der Waals surface area contributed by atoms with Crippen molar-refractivity contribution in [1.82, 2.24) is 4.57 Å². The number of thiol groups is 1. The van der Waals surface area contributed by atoms with E-state index < -0.39 is 23.0 Å². The summed E-state index contributed by atoms with van der Waals surface area (Å²) in [6, 6.07) is 13.8. The summed E-state index contributed by atoms with van der Waals surface area (Å²) in [7, 11) is -2.94. The maximum atomic E-state index is 12.0. The molecule has 3 rings (SSSR count). The molecule has 29 heavy (non-hydrogen) atoms. The van der Waals surface area contributed by atoms with Crippen LogP contribution in [-0.4, -0.2) is 30.8 Å². The monoisotopic (exact) mass is 436 g/mol. The Kier molecular flexibility index (Phi) is 6.79. The fraction of sp³-hybridized carbons (Fsp3) is 0.250. The maximum Gasteiger partial charge on any atom is 0.326 e. The number of rotatable bonds is 9. The van der Waals surface area contributed by atoms with E-state index in [-0.39, 0.29) is 12.6 Å². The third-order valence-corrected chi connectivity index (χ3v) is 5.42. The Morgan fingerprint density at radius 1 is 1.21 bits per heavy atom. The second-order valence-corrected chi connectivity index (χ2v) is 7.82. The van der Waals surface area contributed by atoms with Crippen molar-refractivity contribution in [3.05, 3.63) is 65.3 Å². The smallest absolute Gasteiger partial charge is 0.326 e. The topological polar surface area (TPSA) is 97.6 Å². The molecule has 0 aliphatic rings. The average Bonchev–Trinajstić information content (AvgIpc) is 3.10. The number of nitrogens with zero attached hydrogens (tertiary/aromatic N) is 1. The van der Waals surface area contributed by atoms with E-state index in [0.29, 0.717) is 17.1 Å². The molecule has 9 heteroatoms. The molecule has 0 radical (unpaired) electrons. The van der Waals surface area contributed by atoms with Crippen LogP contribution in [0.2, 0.25) is 5.02 Å². The zero-order valence-corrected chi connectivity index (χ0v) is 17.3. The molecule has 2 unspecified atom stereocenters. The molecule has 1 aromatic heterocycles. The highest BCUT2D eigenvalue weighted by atomic mass is 35.5. The molecule has 0 aliphatic carbocycles. The number of hydrogen-bond donors (Lipinski definition) is 3. The highest BCUT2D eigenvalue weighted by molar-refractivity contribution is 7.67. The molecule has 2 N–H and O–H groups in total. The van der Waals surface area contributed by atoms with E-state index in [2.05, 4.69) is 9.50 Å². The van der Waals surface area contributed by atoms with E-state index in [9.17, 15) is 18.3 Å². The largest absolute Gasteiger partial charge is 0.480 e. The van der Waals surface area contributed by atoms with Crippen LogP contribution in [0.1, 0.15) is 30.9 Å². The summed E-state index contributed by atoms with van der Waals surface area (Å²) in [6.07, 6.45) is 2.14. The normalized spacial score (nSPS) is 13.5. The number of fused-ring (bicyclic) bond motifs is 1. The summed E-state index contributed by atoms with van der Waals surface area (Å²) in [5, 5.41) is 14.2. The Labute approximate surface area is 175 Å². The highest BCUT2D eigenvalue weighted by Gasteiger charge is 2.24. The molecule has 0 bridgehead atoms. The van der Waals surface area contributed by atoms with Gasteiger partial charge in [-0.1, -0.05) is 36.7 Å². The van der Waals surface area contributed by atoms with Gasteiger partial charge in [0.2, 0.25) is 0 Å². The molecule has 0 saturated heterocycles. The summed E-state index contributed by atoms with van der Waals surface area (Å²) in [6.45, 7) is 1.79. The van der Waals surface area contributed by atoms with E-state index in [0.717, 1.165) is 16.5 Å². The predicted molar refractivity (Wildman–Crippen MR) is 113 cm³/mol. The Hall–Kier alpha value is -2.55. The molecule has 1 heterocycles. The maximum absolute atomic E-state index is 12.0. The van der Waals surface area contributed by atoms with Crippen molar-refractivity contribution in [2.75, 3.05) is 12.0 Å². The summed E-state index contributed by atoms with van der Waals surface area (Å²) >= 11 is 5.94. The molecule has 0 saturated carbocycles. The summed E-state index contributed by atoms with van der Waals surface area (Å²) in [5.41, 5.74) is 2.41. The van der Waals surface area contributed by atoms with Gasteiger partial charge in [0.1, 0.15) is 12.8 Å². The van der Waals surface area contributed by atoms with E-state index >= 15 is 0 Å². The number of anilines is 1. The first-order chi connectivity index (χ1) is 13.9. The SMILES string of the molecule is CC(CC(C(=O)O)n1ccc2c(NCO[SH](=O)=O)cccc21)c1ccc(Cl)cc1. The van der Waals surface area contributed by atoms with E-state index in [4.69, 9.17) is 11.6 Å². The van der Waals surface area contributed by atoms with Crippen molar-refractivity contribution in [3.63, 3.8) is 0 Å². The molecular weight excluding hydrogens is 416 g/mol. The molecule has 2 atom stereocenters. The number of carboxylic acid groups (broad SMARTS) is 1. The Morgan fingerprint density at radius 3 is 2.59 bits per heavy atom. The van der Waals surface area contributed by atoms with E-state index in [1.54, 1.807) is 41.1 Å². The second kappa shape index (κ2) is 9.30. The van der Waals surface area contributed by atoms with Crippen LogP contribution in [0.5, 0.6) is 0 Å². The fourth-order valence-corrected chi connectivity index (χ4v) is 3.67. The number of hydrogen-bond acceptors (Lipinski definition) is 5. The van der Waals surface area contributed by atoms with Gasteiger partial charge in [-0.2, -0.15) is 0 Å². The minimum atomic E-state index is -2.94. The van der Waals surface area contributed by atoms with Gasteiger partial charge < -0.3 is 15.0 Å². The van der Waals surface area contributed by atoms with Crippen LogP contribution < -0.4 is 5.32 Å². The van der Waals surface area contributed by atoms with Crippen molar-refractivity contribution in [3.8, 4) is 0 Å². The quantitative estimate of drug-likeness (QED) is 0.346. The molecule has 154 valence electrons. The summed E-state index contributed by atoms with van der Waals surface area (Å²) < 4.78 is 27.4. The number of aliphatic carboxylic acids is 1. The number of carbonyl (C=O) groups is 1. The number of benzene rings is 2. The Morgan fingerprint density at radius 2 is 1.93 bits per heavy atom. The average molecular weight is 437 g/mol. The molecule has 7 nitrogen and oxygen atoms in total. The van der Waals surface area contributed by atoms with Crippen LogP contribution in [-0.2, 0) is 20.0 Å². The van der Waals surface area contributed by atoms with Gasteiger partial charge in [0.15, 0.2) is 0 Å². The second-order valence-electron chi connectivity index (χ2n) is 6.68. The fourth-order valence-electron chi connectivity index (χ4n) is 3.37. The molecule has 0 spiro atoms. The molecule has 0 aliphatic heterocycles. The van der Waals surface area contributed by atoms with Crippen molar-refractivity contribution >= 4 is 45.1 Å². The zero-order valence-electron chi connectivity index (χ0n) is 15.6. The van der Waals surface area contributed by atoms with Gasteiger partial charge in [-0.3, -0.25) is 4.18 Å². The molecular formula is C20H21ClN2O5S. The first kappa shape index (κ1) is 21.2. The Balaban J connectivity index is 1.87. The lowest BCUT2D eigenvalue weighted by Crippen LogP contribution is -2.20. The third kappa shape index (κ3) is 5.09. The highest BCUT2D eigenvalue weighted by Crippen LogP contribution is 2.32. The van der Waals surface area contributed by atoms with Crippen molar-refractivity contribution in [2.24, 2.45) is 0 Å². The third-order valence-electron chi connectivity index (χ3n) is 4.83. The van der Waals surface area contributed by atoms with Gasteiger partial charge in [-0.15, -0.1) is 0 Å². The first-order valence-corrected chi connectivity index (χ1v) is 10.4.